The van der Waals surface area contributed by atoms with Crippen molar-refractivity contribution in [3.05, 3.63) is 18.1 Å². The average molecular weight is 224 g/mol. The van der Waals surface area contributed by atoms with Crippen molar-refractivity contribution >= 4 is 0 Å². The molecule has 1 heterocycles. The molecule has 1 aromatic heterocycles. The summed E-state index contributed by atoms with van der Waals surface area (Å²) in [5, 5.41) is 9.89. The summed E-state index contributed by atoms with van der Waals surface area (Å²) in [6.45, 7) is 2.17. The summed E-state index contributed by atoms with van der Waals surface area (Å²) in [5.41, 5.74) is 0.642. The third-order valence-corrected chi connectivity index (χ3v) is 2.54. The molecule has 0 radical (unpaired) electrons. The van der Waals surface area contributed by atoms with E-state index >= 15 is 0 Å². The molecule has 0 aliphatic carbocycles. The summed E-state index contributed by atoms with van der Waals surface area (Å²) in [5.74, 6) is 0.498. The molecule has 1 rings (SSSR count). The first kappa shape index (κ1) is 12.9. The van der Waals surface area contributed by atoms with E-state index in [1.54, 1.807) is 13.2 Å². The molecule has 16 heavy (non-hydrogen) atoms. The van der Waals surface area contributed by atoms with Crippen LogP contribution in [0.25, 0.3) is 0 Å². The maximum Gasteiger partial charge on any atom is 0.216 e. The van der Waals surface area contributed by atoms with Crippen LogP contribution >= 0.6 is 0 Å². The number of rotatable bonds is 7. The van der Waals surface area contributed by atoms with Crippen LogP contribution < -0.4 is 4.74 Å². The second kappa shape index (κ2) is 7.17. The number of hydrogen-bond acceptors (Lipinski definition) is 4. The molecule has 4 nitrogen and oxygen atoms in total. The topological polar surface area (TPSA) is 55.2 Å². The van der Waals surface area contributed by atoms with Gasteiger partial charge < -0.3 is 9.84 Å². The predicted molar refractivity (Wildman–Crippen MR) is 62.3 cm³/mol. The molecule has 4 heteroatoms. The lowest BCUT2D eigenvalue weighted by Crippen LogP contribution is -2.02. The van der Waals surface area contributed by atoms with Gasteiger partial charge in [0.15, 0.2) is 0 Å². The van der Waals surface area contributed by atoms with Crippen LogP contribution in [0.2, 0.25) is 0 Å². The Hall–Kier alpha value is -1.16. The fourth-order valence-corrected chi connectivity index (χ4v) is 1.56. The zero-order valence-corrected chi connectivity index (χ0v) is 10.0. The molecular formula is C12H20N2O2. The van der Waals surface area contributed by atoms with Crippen molar-refractivity contribution in [1.29, 1.82) is 0 Å². The zero-order chi connectivity index (χ0) is 11.8. The molecule has 0 aliphatic rings. The van der Waals surface area contributed by atoms with Crippen molar-refractivity contribution in [1.82, 2.24) is 9.97 Å². The van der Waals surface area contributed by atoms with Gasteiger partial charge in [0, 0.05) is 6.07 Å². The molecule has 0 saturated heterocycles. The third kappa shape index (κ3) is 4.14. The van der Waals surface area contributed by atoms with Crippen molar-refractivity contribution in [2.24, 2.45) is 0 Å². The van der Waals surface area contributed by atoms with Gasteiger partial charge in [-0.1, -0.05) is 32.6 Å². The van der Waals surface area contributed by atoms with E-state index in [0.717, 1.165) is 19.3 Å². The molecule has 1 N–H and O–H groups in total. The van der Waals surface area contributed by atoms with Gasteiger partial charge in [0.25, 0.3) is 0 Å². The highest BCUT2D eigenvalue weighted by Gasteiger charge is 2.09. The highest BCUT2D eigenvalue weighted by molar-refractivity contribution is 5.15. The first-order valence-electron chi connectivity index (χ1n) is 5.82. The van der Waals surface area contributed by atoms with Gasteiger partial charge >= 0.3 is 0 Å². The summed E-state index contributed by atoms with van der Waals surface area (Å²) in [7, 11) is 1.56. The Morgan fingerprint density at radius 3 is 2.81 bits per heavy atom. The molecular weight excluding hydrogens is 204 g/mol. The van der Waals surface area contributed by atoms with E-state index in [1.165, 1.54) is 19.2 Å². The normalized spacial score (nSPS) is 12.4. The summed E-state index contributed by atoms with van der Waals surface area (Å²) < 4.78 is 4.99. The number of nitrogens with zero attached hydrogens (tertiary/aromatic N) is 2. The van der Waals surface area contributed by atoms with Gasteiger partial charge in [0.05, 0.1) is 18.9 Å². The van der Waals surface area contributed by atoms with Crippen LogP contribution in [0.3, 0.4) is 0 Å². The summed E-state index contributed by atoms with van der Waals surface area (Å²) >= 11 is 0. The molecule has 0 amide bonds. The highest BCUT2D eigenvalue weighted by Crippen LogP contribution is 2.19. The quantitative estimate of drug-likeness (QED) is 0.723. The first-order chi connectivity index (χ1) is 7.77. The van der Waals surface area contributed by atoms with Crippen molar-refractivity contribution in [3.63, 3.8) is 0 Å². The standard InChI is InChI=1S/C12H20N2O2/c1-3-4-5-6-7-11(15)10-8-12(16-2)14-9-13-10/h8-9,11,15H,3-7H2,1-2H3. The minimum absolute atomic E-state index is 0.498. The number of methoxy groups -OCH3 is 1. The van der Waals surface area contributed by atoms with E-state index < -0.39 is 6.10 Å². The largest absolute Gasteiger partial charge is 0.481 e. The predicted octanol–water partition coefficient (Wildman–Crippen LogP) is 2.49. The molecule has 0 fully saturated rings. The third-order valence-electron chi connectivity index (χ3n) is 2.54. The van der Waals surface area contributed by atoms with E-state index in [9.17, 15) is 5.11 Å². The van der Waals surface area contributed by atoms with E-state index in [0.29, 0.717) is 11.6 Å². The van der Waals surface area contributed by atoms with E-state index in [4.69, 9.17) is 4.74 Å². The van der Waals surface area contributed by atoms with Gasteiger partial charge in [-0.25, -0.2) is 9.97 Å². The Balaban J connectivity index is 2.42. The molecule has 0 aromatic carbocycles. The second-order valence-electron chi connectivity index (χ2n) is 3.85. The minimum Gasteiger partial charge on any atom is -0.481 e. The van der Waals surface area contributed by atoms with E-state index in [1.807, 2.05) is 0 Å². The number of aliphatic hydroxyl groups excluding tert-OH is 1. The van der Waals surface area contributed by atoms with Crippen molar-refractivity contribution in [2.45, 2.75) is 45.1 Å². The number of aromatic nitrogens is 2. The summed E-state index contributed by atoms with van der Waals surface area (Å²) in [6, 6.07) is 1.69. The van der Waals surface area contributed by atoms with Gasteiger partial charge in [-0.2, -0.15) is 0 Å². The fraction of sp³-hybridized carbons (Fsp3) is 0.667. The van der Waals surface area contributed by atoms with Crippen LogP contribution in [0.15, 0.2) is 12.4 Å². The molecule has 0 spiro atoms. The first-order valence-corrected chi connectivity index (χ1v) is 5.82. The van der Waals surface area contributed by atoms with Crippen LogP contribution in [0.5, 0.6) is 5.88 Å². The van der Waals surface area contributed by atoms with Gasteiger partial charge in [-0.05, 0) is 6.42 Å². The second-order valence-corrected chi connectivity index (χ2v) is 3.85. The van der Waals surface area contributed by atoms with Crippen LogP contribution in [0.1, 0.15) is 50.8 Å². The lowest BCUT2D eigenvalue weighted by atomic mass is 10.1. The smallest absolute Gasteiger partial charge is 0.216 e. The maximum atomic E-state index is 9.89. The van der Waals surface area contributed by atoms with Crippen molar-refractivity contribution < 1.29 is 9.84 Å². The van der Waals surface area contributed by atoms with Gasteiger partial charge in [0.2, 0.25) is 5.88 Å². The Labute approximate surface area is 96.7 Å². The highest BCUT2D eigenvalue weighted by atomic mass is 16.5. The molecule has 0 saturated carbocycles. The average Bonchev–Trinajstić information content (AvgIpc) is 2.34. The summed E-state index contributed by atoms with van der Waals surface area (Å²) in [4.78, 5) is 7.95. The molecule has 1 atom stereocenters. The van der Waals surface area contributed by atoms with Crippen molar-refractivity contribution in [3.8, 4) is 5.88 Å². The van der Waals surface area contributed by atoms with Crippen LogP contribution in [-0.2, 0) is 0 Å². The van der Waals surface area contributed by atoms with Crippen LogP contribution in [0, 0.1) is 0 Å². The van der Waals surface area contributed by atoms with Crippen LogP contribution in [-0.4, -0.2) is 22.2 Å². The van der Waals surface area contributed by atoms with E-state index in [-0.39, 0.29) is 0 Å². The van der Waals surface area contributed by atoms with Gasteiger partial charge in [-0.15, -0.1) is 0 Å². The number of aliphatic hydroxyl groups is 1. The Bertz CT molecular complexity index is 305. The van der Waals surface area contributed by atoms with Crippen molar-refractivity contribution in [2.75, 3.05) is 7.11 Å². The molecule has 90 valence electrons. The van der Waals surface area contributed by atoms with Crippen LogP contribution in [0.4, 0.5) is 0 Å². The summed E-state index contributed by atoms with van der Waals surface area (Å²) in [6.07, 6.45) is 6.28. The maximum absolute atomic E-state index is 9.89. The Kier molecular flexibility index (Phi) is 5.78. The minimum atomic E-state index is -0.506. The molecule has 0 aliphatic heterocycles. The van der Waals surface area contributed by atoms with Gasteiger partial charge in [-0.3, -0.25) is 0 Å². The molecule has 0 bridgehead atoms. The zero-order valence-electron chi connectivity index (χ0n) is 10.0. The number of hydrogen-bond donors (Lipinski definition) is 1. The SMILES string of the molecule is CCCCCCC(O)c1cc(OC)ncn1. The monoisotopic (exact) mass is 224 g/mol. The fourth-order valence-electron chi connectivity index (χ4n) is 1.56. The van der Waals surface area contributed by atoms with Gasteiger partial charge in [0.1, 0.15) is 6.33 Å². The molecule has 1 aromatic rings. The lowest BCUT2D eigenvalue weighted by Gasteiger charge is -2.10. The van der Waals surface area contributed by atoms with E-state index in [2.05, 4.69) is 16.9 Å². The number of ether oxygens (including phenoxy) is 1. The number of unbranched alkanes of at least 4 members (excludes halogenated alkanes) is 3. The Morgan fingerprint density at radius 1 is 1.31 bits per heavy atom. The molecule has 1 unspecified atom stereocenters. The Morgan fingerprint density at radius 2 is 2.12 bits per heavy atom. The lowest BCUT2D eigenvalue weighted by molar-refractivity contribution is 0.158.